The number of nitrogens with two attached hydrogens (primary N) is 1. The molecule has 1 aromatic rings. The van der Waals surface area contributed by atoms with Crippen LogP contribution in [0.5, 0.6) is 0 Å². The standard InChI is InChI=1S/C9H11BrN2OS/c1-12-9(13)5-14-8-3-2-6(10)4-7(8)11/h2-4H,5,11H2,1H3,(H,12,13). The normalized spacial score (nSPS) is 9.86. The van der Waals surface area contributed by atoms with E-state index >= 15 is 0 Å². The third-order valence-electron chi connectivity index (χ3n) is 1.61. The summed E-state index contributed by atoms with van der Waals surface area (Å²) in [5, 5.41) is 2.56. The molecule has 0 aliphatic heterocycles. The second kappa shape index (κ2) is 5.26. The van der Waals surface area contributed by atoms with E-state index in [0.717, 1.165) is 9.37 Å². The molecule has 0 aromatic heterocycles. The number of rotatable bonds is 3. The zero-order valence-corrected chi connectivity index (χ0v) is 10.1. The van der Waals surface area contributed by atoms with Crippen LogP contribution >= 0.6 is 27.7 Å². The van der Waals surface area contributed by atoms with E-state index in [1.54, 1.807) is 7.05 Å². The average Bonchev–Trinajstić information content (AvgIpc) is 2.16. The van der Waals surface area contributed by atoms with Gasteiger partial charge in [0.15, 0.2) is 0 Å². The third kappa shape index (κ3) is 3.23. The lowest BCUT2D eigenvalue weighted by atomic mass is 10.3. The average molecular weight is 275 g/mol. The van der Waals surface area contributed by atoms with Crippen LogP contribution in [0.2, 0.25) is 0 Å². The Balaban J connectivity index is 2.63. The van der Waals surface area contributed by atoms with Gasteiger partial charge in [-0.1, -0.05) is 15.9 Å². The lowest BCUT2D eigenvalue weighted by Gasteiger charge is -2.04. The Kier molecular flexibility index (Phi) is 4.28. The number of nitrogens with one attached hydrogen (secondary N) is 1. The maximum atomic E-state index is 11.0. The molecule has 3 nitrogen and oxygen atoms in total. The van der Waals surface area contributed by atoms with Crippen LogP contribution in [-0.2, 0) is 4.79 Å². The Morgan fingerprint density at radius 3 is 2.93 bits per heavy atom. The van der Waals surface area contributed by atoms with Gasteiger partial charge in [-0.3, -0.25) is 4.79 Å². The van der Waals surface area contributed by atoms with Gasteiger partial charge in [-0.15, -0.1) is 11.8 Å². The Hall–Kier alpha value is -0.680. The molecule has 1 rings (SSSR count). The minimum absolute atomic E-state index is 0.00248. The summed E-state index contributed by atoms with van der Waals surface area (Å²) in [7, 11) is 1.62. The Bertz CT molecular complexity index is 344. The molecular weight excluding hydrogens is 264 g/mol. The van der Waals surface area contributed by atoms with Crippen molar-refractivity contribution < 1.29 is 4.79 Å². The molecule has 1 amide bonds. The molecule has 0 aliphatic carbocycles. The smallest absolute Gasteiger partial charge is 0.230 e. The quantitative estimate of drug-likeness (QED) is 0.654. The van der Waals surface area contributed by atoms with E-state index in [2.05, 4.69) is 21.2 Å². The van der Waals surface area contributed by atoms with Gasteiger partial charge in [-0.25, -0.2) is 0 Å². The zero-order chi connectivity index (χ0) is 10.6. The Labute approximate surface area is 95.6 Å². The highest BCUT2D eigenvalue weighted by Gasteiger charge is 2.03. The molecule has 14 heavy (non-hydrogen) atoms. The van der Waals surface area contributed by atoms with Crippen LogP contribution in [0.25, 0.3) is 0 Å². The summed E-state index contributed by atoms with van der Waals surface area (Å²) in [5.74, 6) is 0.389. The number of hydrogen-bond donors (Lipinski definition) is 2. The van der Waals surface area contributed by atoms with Gasteiger partial charge >= 0.3 is 0 Å². The number of thioether (sulfide) groups is 1. The van der Waals surface area contributed by atoms with Crippen molar-refractivity contribution in [3.05, 3.63) is 22.7 Å². The van der Waals surface area contributed by atoms with Crippen molar-refractivity contribution in [3.8, 4) is 0 Å². The van der Waals surface area contributed by atoms with Crippen LogP contribution in [0.15, 0.2) is 27.6 Å². The fourth-order valence-corrected chi connectivity index (χ4v) is 2.07. The predicted molar refractivity (Wildman–Crippen MR) is 63.3 cm³/mol. The fraction of sp³-hybridized carbons (Fsp3) is 0.222. The fourth-order valence-electron chi connectivity index (χ4n) is 0.866. The highest BCUT2D eigenvalue weighted by Crippen LogP contribution is 2.27. The second-order valence-corrected chi connectivity index (χ2v) is 4.58. The molecule has 0 fully saturated rings. The highest BCUT2D eigenvalue weighted by atomic mass is 79.9. The summed E-state index contributed by atoms with van der Waals surface area (Å²) in [6, 6.07) is 5.63. The molecule has 76 valence electrons. The van der Waals surface area contributed by atoms with Gasteiger partial charge in [0, 0.05) is 22.1 Å². The maximum Gasteiger partial charge on any atom is 0.230 e. The number of amides is 1. The van der Waals surface area contributed by atoms with E-state index in [1.807, 2.05) is 18.2 Å². The third-order valence-corrected chi connectivity index (χ3v) is 3.19. The number of benzene rings is 1. The Morgan fingerprint density at radius 2 is 2.36 bits per heavy atom. The lowest BCUT2D eigenvalue weighted by molar-refractivity contribution is -0.118. The lowest BCUT2D eigenvalue weighted by Crippen LogP contribution is -2.19. The molecule has 0 radical (unpaired) electrons. The first kappa shape index (κ1) is 11.4. The van der Waals surface area contributed by atoms with Crippen molar-refractivity contribution in [1.82, 2.24) is 5.32 Å². The number of carbonyl (C=O) groups excluding carboxylic acids is 1. The van der Waals surface area contributed by atoms with Crippen LogP contribution in [0.4, 0.5) is 5.69 Å². The number of nitrogen functional groups attached to an aromatic ring is 1. The van der Waals surface area contributed by atoms with E-state index in [0.29, 0.717) is 11.4 Å². The second-order valence-electron chi connectivity index (χ2n) is 2.64. The molecule has 0 atom stereocenters. The van der Waals surface area contributed by atoms with Crippen LogP contribution in [-0.4, -0.2) is 18.7 Å². The van der Waals surface area contributed by atoms with Gasteiger partial charge in [0.25, 0.3) is 0 Å². The minimum Gasteiger partial charge on any atom is -0.398 e. The molecule has 3 N–H and O–H groups in total. The van der Waals surface area contributed by atoms with Gasteiger partial charge in [0.2, 0.25) is 5.91 Å². The first-order valence-corrected chi connectivity index (χ1v) is 5.79. The monoisotopic (exact) mass is 274 g/mol. The van der Waals surface area contributed by atoms with Crippen LogP contribution < -0.4 is 11.1 Å². The topological polar surface area (TPSA) is 55.1 Å². The van der Waals surface area contributed by atoms with Crippen molar-refractivity contribution in [1.29, 1.82) is 0 Å². The summed E-state index contributed by atoms with van der Waals surface area (Å²) in [6.45, 7) is 0. The van der Waals surface area contributed by atoms with Crippen molar-refractivity contribution in [2.24, 2.45) is 0 Å². The maximum absolute atomic E-state index is 11.0. The van der Waals surface area contributed by atoms with E-state index in [1.165, 1.54) is 11.8 Å². The summed E-state index contributed by atoms with van der Waals surface area (Å²) in [5.41, 5.74) is 6.45. The minimum atomic E-state index is -0.00248. The molecule has 0 saturated carbocycles. The first-order chi connectivity index (χ1) is 6.63. The van der Waals surface area contributed by atoms with Crippen molar-refractivity contribution in [3.63, 3.8) is 0 Å². The predicted octanol–water partition coefficient (Wildman–Crippen LogP) is 1.87. The van der Waals surface area contributed by atoms with Crippen LogP contribution in [0.1, 0.15) is 0 Å². The molecule has 0 bridgehead atoms. The summed E-state index contributed by atoms with van der Waals surface area (Å²) in [4.78, 5) is 11.9. The van der Waals surface area contributed by atoms with E-state index in [9.17, 15) is 4.79 Å². The van der Waals surface area contributed by atoms with E-state index < -0.39 is 0 Å². The molecule has 0 saturated heterocycles. The molecule has 0 unspecified atom stereocenters. The van der Waals surface area contributed by atoms with E-state index in [-0.39, 0.29) is 5.91 Å². The summed E-state index contributed by atoms with van der Waals surface area (Å²) < 4.78 is 0.944. The van der Waals surface area contributed by atoms with Gasteiger partial charge in [0.1, 0.15) is 0 Å². The van der Waals surface area contributed by atoms with Gasteiger partial charge in [-0.2, -0.15) is 0 Å². The van der Waals surface area contributed by atoms with Crippen LogP contribution in [0.3, 0.4) is 0 Å². The van der Waals surface area contributed by atoms with Crippen molar-refractivity contribution in [2.45, 2.75) is 4.90 Å². The number of hydrogen-bond acceptors (Lipinski definition) is 3. The number of carbonyl (C=O) groups is 1. The summed E-state index contributed by atoms with van der Waals surface area (Å²) >= 11 is 4.75. The number of halogens is 1. The molecule has 0 heterocycles. The highest BCUT2D eigenvalue weighted by molar-refractivity contribution is 9.10. The van der Waals surface area contributed by atoms with E-state index in [4.69, 9.17) is 5.73 Å². The van der Waals surface area contributed by atoms with Crippen LogP contribution in [0, 0.1) is 0 Å². The van der Waals surface area contributed by atoms with Gasteiger partial charge < -0.3 is 11.1 Å². The zero-order valence-electron chi connectivity index (χ0n) is 7.71. The molecule has 0 spiro atoms. The van der Waals surface area contributed by atoms with Gasteiger partial charge in [-0.05, 0) is 18.2 Å². The molecular formula is C9H11BrN2OS. The SMILES string of the molecule is CNC(=O)CSc1ccc(Br)cc1N. The van der Waals surface area contributed by atoms with Crippen molar-refractivity contribution in [2.75, 3.05) is 18.5 Å². The molecule has 0 aliphatic rings. The molecule has 5 heteroatoms. The number of anilines is 1. The summed E-state index contributed by atoms with van der Waals surface area (Å²) in [6.07, 6.45) is 0. The van der Waals surface area contributed by atoms with Gasteiger partial charge in [0.05, 0.1) is 5.75 Å². The van der Waals surface area contributed by atoms with Crippen molar-refractivity contribution >= 4 is 39.3 Å². The first-order valence-electron chi connectivity index (χ1n) is 4.02. The largest absolute Gasteiger partial charge is 0.398 e. The Morgan fingerprint density at radius 1 is 1.64 bits per heavy atom. The molecule has 1 aromatic carbocycles.